The highest BCUT2D eigenvalue weighted by Gasteiger charge is 2.29. The van der Waals surface area contributed by atoms with Gasteiger partial charge < -0.3 is 15.4 Å². The fourth-order valence-electron chi connectivity index (χ4n) is 3.09. The maximum Gasteiger partial charge on any atom is 0.405 e. The molecular formula is C17H18F3N5O3. The molecule has 0 radical (unpaired) electrons. The number of aromatic amines is 1. The molecule has 1 saturated heterocycles. The molecule has 0 bridgehead atoms. The molecule has 2 N–H and O–H groups in total. The first-order valence-electron chi connectivity index (χ1n) is 8.61. The summed E-state index contributed by atoms with van der Waals surface area (Å²) in [5, 5.41) is 19.6. The highest BCUT2D eigenvalue weighted by molar-refractivity contribution is 5.94. The van der Waals surface area contributed by atoms with Gasteiger partial charge in [0.2, 0.25) is 0 Å². The number of hydrogen-bond acceptors (Lipinski definition) is 4. The quantitative estimate of drug-likeness (QED) is 0.600. The summed E-state index contributed by atoms with van der Waals surface area (Å²) in [4.78, 5) is 25.8. The van der Waals surface area contributed by atoms with E-state index in [4.69, 9.17) is 0 Å². The monoisotopic (exact) mass is 397 g/mol. The molecule has 0 unspecified atom stereocenters. The Morgan fingerprint density at radius 3 is 2.71 bits per heavy atom. The van der Waals surface area contributed by atoms with Gasteiger partial charge in [0.05, 0.1) is 0 Å². The van der Waals surface area contributed by atoms with Crippen LogP contribution in [0.3, 0.4) is 0 Å². The number of pyridine rings is 1. The van der Waals surface area contributed by atoms with Crippen LogP contribution in [0.4, 0.5) is 13.2 Å². The highest BCUT2D eigenvalue weighted by atomic mass is 19.4. The third-order valence-corrected chi connectivity index (χ3v) is 4.52. The number of carbonyl (C=O) groups excluding carboxylic acids is 2. The van der Waals surface area contributed by atoms with E-state index in [9.17, 15) is 28.0 Å². The number of alkyl halides is 3. The van der Waals surface area contributed by atoms with Gasteiger partial charge in [-0.3, -0.25) is 14.7 Å². The molecule has 1 aliphatic rings. The number of piperidine rings is 1. The second-order valence-electron chi connectivity index (χ2n) is 6.53. The third kappa shape index (κ3) is 4.78. The van der Waals surface area contributed by atoms with E-state index in [1.165, 1.54) is 24.5 Å². The summed E-state index contributed by atoms with van der Waals surface area (Å²) in [6.07, 6.45) is -0.777. The fraction of sp³-hybridized carbons (Fsp3) is 0.412. The number of hydrogen-bond donors (Lipinski definition) is 2. The van der Waals surface area contributed by atoms with Gasteiger partial charge in [-0.05, 0) is 25.0 Å². The molecule has 1 aliphatic heterocycles. The third-order valence-electron chi connectivity index (χ3n) is 4.52. The Hall–Kier alpha value is -3.11. The standard InChI is InChI=1S/C17H18F3N5O3/c18-17(19,20)10-21-15(26)14-8-13(22-23-14)11-3-6-24(7-4-11)16(27)12-2-1-5-25(28)9-12/h1-2,5,8-9,11H,3-4,6-7,10H2,(H,21,26)(H,22,23). The maximum absolute atomic E-state index is 12.5. The van der Waals surface area contributed by atoms with Crippen molar-refractivity contribution in [1.82, 2.24) is 20.4 Å². The average molecular weight is 397 g/mol. The van der Waals surface area contributed by atoms with Crippen LogP contribution in [0, 0.1) is 5.21 Å². The Morgan fingerprint density at radius 1 is 1.36 bits per heavy atom. The van der Waals surface area contributed by atoms with Crippen molar-refractivity contribution in [2.45, 2.75) is 24.9 Å². The molecular weight excluding hydrogens is 379 g/mol. The number of halogens is 3. The summed E-state index contributed by atoms with van der Waals surface area (Å²) in [7, 11) is 0. The average Bonchev–Trinajstić information content (AvgIpc) is 3.15. The summed E-state index contributed by atoms with van der Waals surface area (Å²) >= 11 is 0. The van der Waals surface area contributed by atoms with Crippen LogP contribution in [0.5, 0.6) is 0 Å². The second kappa shape index (κ2) is 7.87. The molecule has 3 rings (SSSR count). The van der Waals surface area contributed by atoms with E-state index in [1.54, 1.807) is 16.3 Å². The number of nitrogens with zero attached hydrogens (tertiary/aromatic N) is 3. The number of rotatable bonds is 4. The second-order valence-corrected chi connectivity index (χ2v) is 6.53. The van der Waals surface area contributed by atoms with Crippen LogP contribution < -0.4 is 10.0 Å². The molecule has 2 aromatic heterocycles. The van der Waals surface area contributed by atoms with Crippen molar-refractivity contribution in [3.8, 4) is 0 Å². The first-order valence-corrected chi connectivity index (χ1v) is 8.61. The predicted octanol–water partition coefficient (Wildman–Crippen LogP) is 1.35. The van der Waals surface area contributed by atoms with Crippen molar-refractivity contribution in [2.24, 2.45) is 0 Å². The van der Waals surface area contributed by atoms with Crippen molar-refractivity contribution < 1.29 is 27.5 Å². The Bertz CT molecular complexity index is 860. The van der Waals surface area contributed by atoms with Gasteiger partial charge in [-0.1, -0.05) is 0 Å². The number of H-pyrrole nitrogens is 1. The molecule has 3 heterocycles. The molecule has 2 amide bonds. The van der Waals surface area contributed by atoms with Crippen LogP contribution in [0.25, 0.3) is 0 Å². The number of likely N-dealkylation sites (tertiary alicyclic amines) is 1. The van der Waals surface area contributed by atoms with Crippen LogP contribution in [0.1, 0.15) is 45.3 Å². The van der Waals surface area contributed by atoms with Gasteiger partial charge >= 0.3 is 6.18 Å². The zero-order valence-electron chi connectivity index (χ0n) is 14.7. The molecule has 0 atom stereocenters. The van der Waals surface area contributed by atoms with E-state index < -0.39 is 18.6 Å². The van der Waals surface area contributed by atoms with Crippen LogP contribution in [0.2, 0.25) is 0 Å². The summed E-state index contributed by atoms with van der Waals surface area (Å²) in [5.41, 5.74) is 0.838. The van der Waals surface area contributed by atoms with Gasteiger partial charge in [0.25, 0.3) is 11.8 Å². The molecule has 11 heteroatoms. The van der Waals surface area contributed by atoms with E-state index in [-0.39, 0.29) is 17.5 Å². The fourth-order valence-corrected chi connectivity index (χ4v) is 3.09. The van der Waals surface area contributed by atoms with Crippen molar-refractivity contribution in [1.29, 1.82) is 0 Å². The lowest BCUT2D eigenvalue weighted by atomic mass is 9.93. The van der Waals surface area contributed by atoms with Crippen LogP contribution in [-0.2, 0) is 0 Å². The Balaban J connectivity index is 1.56. The number of carbonyl (C=O) groups is 2. The summed E-state index contributed by atoms with van der Waals surface area (Å²) in [5.74, 6) is -1.14. The zero-order chi connectivity index (χ0) is 20.3. The van der Waals surface area contributed by atoms with Crippen molar-refractivity contribution >= 4 is 11.8 Å². The van der Waals surface area contributed by atoms with Gasteiger partial charge in [0, 0.05) is 30.8 Å². The van der Waals surface area contributed by atoms with E-state index >= 15 is 0 Å². The molecule has 0 aliphatic carbocycles. The molecule has 0 aromatic carbocycles. The molecule has 28 heavy (non-hydrogen) atoms. The Kier molecular flexibility index (Phi) is 5.52. The van der Waals surface area contributed by atoms with Crippen LogP contribution in [-0.4, -0.2) is 52.7 Å². The molecule has 0 saturated carbocycles. The minimum absolute atomic E-state index is 0.000865. The van der Waals surface area contributed by atoms with Crippen molar-refractivity contribution in [2.75, 3.05) is 19.6 Å². The summed E-state index contributed by atoms with van der Waals surface area (Å²) in [6, 6.07) is 4.51. The van der Waals surface area contributed by atoms with Gasteiger partial charge in [-0.25, -0.2) is 0 Å². The number of aromatic nitrogens is 3. The molecule has 2 aromatic rings. The van der Waals surface area contributed by atoms with Crippen LogP contribution in [0.15, 0.2) is 30.6 Å². The first-order chi connectivity index (χ1) is 13.2. The Labute approximate surface area is 157 Å². The minimum atomic E-state index is -4.49. The van der Waals surface area contributed by atoms with Crippen molar-refractivity contribution in [3.05, 3.63) is 52.8 Å². The van der Waals surface area contributed by atoms with Gasteiger partial charge in [0.1, 0.15) is 17.8 Å². The normalized spacial score (nSPS) is 15.5. The molecule has 1 fully saturated rings. The smallest absolute Gasteiger partial charge is 0.405 e. The lowest BCUT2D eigenvalue weighted by molar-refractivity contribution is -0.605. The van der Waals surface area contributed by atoms with Crippen molar-refractivity contribution in [3.63, 3.8) is 0 Å². The van der Waals surface area contributed by atoms with Gasteiger partial charge in [0.15, 0.2) is 12.4 Å². The molecule has 150 valence electrons. The first kappa shape index (κ1) is 19.6. The maximum atomic E-state index is 12.5. The van der Waals surface area contributed by atoms with Crippen LogP contribution >= 0.6 is 0 Å². The molecule has 0 spiro atoms. The predicted molar refractivity (Wildman–Crippen MR) is 90.3 cm³/mol. The minimum Gasteiger partial charge on any atom is -0.619 e. The SMILES string of the molecule is O=C(NCC(F)(F)F)c1cc(C2CCN(C(=O)c3ccc[n+]([O-])c3)CC2)[nH]n1. The summed E-state index contributed by atoms with van der Waals surface area (Å²) < 4.78 is 37.1. The van der Waals surface area contributed by atoms with E-state index in [1.807, 2.05) is 0 Å². The lowest BCUT2D eigenvalue weighted by Crippen LogP contribution is -2.39. The number of amides is 2. The van der Waals surface area contributed by atoms with Gasteiger partial charge in [-0.2, -0.15) is 23.0 Å². The lowest BCUT2D eigenvalue weighted by Gasteiger charge is -2.31. The zero-order valence-corrected chi connectivity index (χ0v) is 14.7. The Morgan fingerprint density at radius 2 is 2.07 bits per heavy atom. The van der Waals surface area contributed by atoms with Gasteiger partial charge in [-0.15, -0.1) is 0 Å². The summed E-state index contributed by atoms with van der Waals surface area (Å²) in [6.45, 7) is -0.519. The highest BCUT2D eigenvalue weighted by Crippen LogP contribution is 2.27. The van der Waals surface area contributed by atoms with E-state index in [0.717, 1.165) is 0 Å². The topological polar surface area (TPSA) is 105 Å². The van der Waals surface area contributed by atoms with E-state index in [0.29, 0.717) is 41.9 Å². The van der Waals surface area contributed by atoms with E-state index in [2.05, 4.69) is 10.2 Å². The molecule has 8 nitrogen and oxygen atoms in total. The largest absolute Gasteiger partial charge is 0.619 e. The number of nitrogens with one attached hydrogen (secondary N) is 2.